The van der Waals surface area contributed by atoms with E-state index in [2.05, 4.69) is 17.3 Å². The standard InChI is InChI=1S/C13H20ClN3O/c1-8(2)17-13(18)12(14)11(7-15-17)16-9(3)10-5-4-6-10/h7-10,16H,4-6H2,1-3H3. The number of aromatic nitrogens is 2. The van der Waals surface area contributed by atoms with Crippen LogP contribution in [0.25, 0.3) is 0 Å². The third kappa shape index (κ3) is 2.53. The van der Waals surface area contributed by atoms with Gasteiger partial charge in [0.2, 0.25) is 0 Å². The van der Waals surface area contributed by atoms with Gasteiger partial charge in [-0.15, -0.1) is 0 Å². The minimum atomic E-state index is -0.225. The molecule has 5 heteroatoms. The SMILES string of the molecule is CC(Nc1cnn(C(C)C)c(=O)c1Cl)C1CCC1. The molecule has 0 radical (unpaired) electrons. The molecule has 0 spiro atoms. The summed E-state index contributed by atoms with van der Waals surface area (Å²) in [5, 5.41) is 7.70. The summed E-state index contributed by atoms with van der Waals surface area (Å²) in [5.41, 5.74) is 0.426. The molecule has 0 amide bonds. The van der Waals surface area contributed by atoms with E-state index in [1.807, 2.05) is 13.8 Å². The number of nitrogens with zero attached hydrogens (tertiary/aromatic N) is 2. The normalized spacial score (nSPS) is 17.6. The predicted octanol–water partition coefficient (Wildman–Crippen LogP) is 3.08. The second kappa shape index (κ2) is 5.31. The van der Waals surface area contributed by atoms with Gasteiger partial charge in [0.05, 0.1) is 17.9 Å². The number of halogens is 1. The molecule has 1 aliphatic carbocycles. The largest absolute Gasteiger partial charge is 0.380 e. The van der Waals surface area contributed by atoms with Gasteiger partial charge in [0, 0.05) is 6.04 Å². The van der Waals surface area contributed by atoms with Crippen LogP contribution in [0.3, 0.4) is 0 Å². The Bertz CT molecular complexity index is 480. The van der Waals surface area contributed by atoms with Gasteiger partial charge in [-0.1, -0.05) is 18.0 Å². The molecular formula is C13H20ClN3O. The van der Waals surface area contributed by atoms with Crippen molar-refractivity contribution in [3.05, 3.63) is 21.6 Å². The summed E-state index contributed by atoms with van der Waals surface area (Å²) in [6, 6.07) is 0.362. The predicted molar refractivity (Wildman–Crippen MR) is 74.3 cm³/mol. The molecule has 1 atom stereocenters. The molecule has 18 heavy (non-hydrogen) atoms. The van der Waals surface area contributed by atoms with Crippen molar-refractivity contribution in [3.8, 4) is 0 Å². The van der Waals surface area contributed by atoms with Gasteiger partial charge in [-0.3, -0.25) is 4.79 Å². The van der Waals surface area contributed by atoms with E-state index in [0.717, 1.165) is 0 Å². The second-order valence-corrected chi connectivity index (χ2v) is 5.72. The van der Waals surface area contributed by atoms with Crippen LogP contribution >= 0.6 is 11.6 Å². The lowest BCUT2D eigenvalue weighted by Crippen LogP contribution is -2.32. The van der Waals surface area contributed by atoms with E-state index in [-0.39, 0.29) is 16.6 Å². The van der Waals surface area contributed by atoms with Crippen molar-refractivity contribution in [2.75, 3.05) is 5.32 Å². The maximum atomic E-state index is 12.0. The van der Waals surface area contributed by atoms with Crippen molar-refractivity contribution in [2.24, 2.45) is 5.92 Å². The lowest BCUT2D eigenvalue weighted by molar-refractivity contribution is 0.285. The lowest BCUT2D eigenvalue weighted by atomic mass is 9.80. The average molecular weight is 270 g/mol. The molecule has 1 heterocycles. The second-order valence-electron chi connectivity index (χ2n) is 5.34. The molecule has 1 fully saturated rings. The highest BCUT2D eigenvalue weighted by molar-refractivity contribution is 6.32. The summed E-state index contributed by atoms with van der Waals surface area (Å²) in [7, 11) is 0. The van der Waals surface area contributed by atoms with Crippen molar-refractivity contribution < 1.29 is 0 Å². The van der Waals surface area contributed by atoms with Crippen molar-refractivity contribution in [1.29, 1.82) is 0 Å². The zero-order valence-electron chi connectivity index (χ0n) is 11.1. The van der Waals surface area contributed by atoms with E-state index < -0.39 is 0 Å². The Hall–Kier alpha value is -1.03. The Kier molecular flexibility index (Phi) is 3.95. The summed E-state index contributed by atoms with van der Waals surface area (Å²) in [5.74, 6) is 0.689. The summed E-state index contributed by atoms with van der Waals surface area (Å²) in [6.07, 6.45) is 5.46. The fourth-order valence-electron chi connectivity index (χ4n) is 2.22. The van der Waals surface area contributed by atoms with Crippen LogP contribution in [-0.2, 0) is 0 Å². The maximum absolute atomic E-state index is 12.0. The molecule has 0 aromatic carbocycles. The zero-order valence-corrected chi connectivity index (χ0v) is 11.9. The van der Waals surface area contributed by atoms with Gasteiger partial charge < -0.3 is 5.32 Å². The highest BCUT2D eigenvalue weighted by Gasteiger charge is 2.24. The van der Waals surface area contributed by atoms with Gasteiger partial charge in [0.1, 0.15) is 5.02 Å². The van der Waals surface area contributed by atoms with Crippen molar-refractivity contribution in [1.82, 2.24) is 9.78 Å². The molecule has 100 valence electrons. The Balaban J connectivity index is 2.19. The fraction of sp³-hybridized carbons (Fsp3) is 0.692. The Morgan fingerprint density at radius 3 is 2.61 bits per heavy atom. The number of hydrogen-bond acceptors (Lipinski definition) is 3. The van der Waals surface area contributed by atoms with E-state index in [1.165, 1.54) is 23.9 Å². The first-order valence-electron chi connectivity index (χ1n) is 6.54. The first kappa shape index (κ1) is 13.4. The smallest absolute Gasteiger partial charge is 0.287 e. The fourth-order valence-corrected chi connectivity index (χ4v) is 2.41. The third-order valence-corrected chi connectivity index (χ3v) is 4.04. The van der Waals surface area contributed by atoms with Crippen LogP contribution in [0, 0.1) is 5.92 Å². The van der Waals surface area contributed by atoms with E-state index >= 15 is 0 Å². The van der Waals surface area contributed by atoms with Crippen molar-refractivity contribution in [2.45, 2.75) is 52.1 Å². The summed E-state index contributed by atoms with van der Waals surface area (Å²) in [6.45, 7) is 5.96. The first-order chi connectivity index (χ1) is 8.50. The summed E-state index contributed by atoms with van der Waals surface area (Å²) >= 11 is 6.12. The topological polar surface area (TPSA) is 46.9 Å². The van der Waals surface area contributed by atoms with Crippen LogP contribution in [0.15, 0.2) is 11.0 Å². The van der Waals surface area contributed by atoms with Crippen LogP contribution in [0.1, 0.15) is 46.1 Å². The average Bonchev–Trinajstić information content (AvgIpc) is 2.22. The molecular weight excluding hydrogens is 250 g/mol. The highest BCUT2D eigenvalue weighted by Crippen LogP contribution is 2.31. The van der Waals surface area contributed by atoms with Crippen molar-refractivity contribution >= 4 is 17.3 Å². The van der Waals surface area contributed by atoms with Gasteiger partial charge >= 0.3 is 0 Å². The molecule has 1 N–H and O–H groups in total. The van der Waals surface area contributed by atoms with Crippen LogP contribution in [0.4, 0.5) is 5.69 Å². The number of hydrogen-bond donors (Lipinski definition) is 1. The van der Waals surface area contributed by atoms with E-state index in [0.29, 0.717) is 17.6 Å². The molecule has 1 aromatic rings. The zero-order chi connectivity index (χ0) is 13.3. The van der Waals surface area contributed by atoms with Crippen LogP contribution < -0.4 is 10.9 Å². The van der Waals surface area contributed by atoms with Crippen LogP contribution in [0.5, 0.6) is 0 Å². The van der Waals surface area contributed by atoms with Gasteiger partial charge in [-0.25, -0.2) is 4.68 Å². The van der Waals surface area contributed by atoms with Gasteiger partial charge in [-0.2, -0.15) is 5.10 Å². The molecule has 1 aliphatic rings. The number of anilines is 1. The first-order valence-corrected chi connectivity index (χ1v) is 6.92. The minimum Gasteiger partial charge on any atom is -0.380 e. The van der Waals surface area contributed by atoms with Gasteiger partial charge in [-0.05, 0) is 39.5 Å². The minimum absolute atomic E-state index is 0.0214. The molecule has 4 nitrogen and oxygen atoms in total. The molecule has 1 unspecified atom stereocenters. The monoisotopic (exact) mass is 269 g/mol. The van der Waals surface area contributed by atoms with Gasteiger partial charge in [0.15, 0.2) is 0 Å². The van der Waals surface area contributed by atoms with E-state index in [1.54, 1.807) is 6.20 Å². The molecule has 0 aliphatic heterocycles. The lowest BCUT2D eigenvalue weighted by Gasteiger charge is -2.32. The van der Waals surface area contributed by atoms with Crippen molar-refractivity contribution in [3.63, 3.8) is 0 Å². The molecule has 1 aromatic heterocycles. The summed E-state index contributed by atoms with van der Waals surface area (Å²) < 4.78 is 1.40. The molecule has 2 rings (SSSR count). The maximum Gasteiger partial charge on any atom is 0.287 e. The summed E-state index contributed by atoms with van der Waals surface area (Å²) in [4.78, 5) is 12.0. The van der Waals surface area contributed by atoms with E-state index in [4.69, 9.17) is 11.6 Å². The molecule has 1 saturated carbocycles. The quantitative estimate of drug-likeness (QED) is 0.914. The number of nitrogens with one attached hydrogen (secondary N) is 1. The third-order valence-electron chi connectivity index (χ3n) is 3.67. The Labute approximate surface area is 112 Å². The van der Waals surface area contributed by atoms with Crippen LogP contribution in [-0.4, -0.2) is 15.8 Å². The molecule has 0 saturated heterocycles. The number of rotatable bonds is 4. The Morgan fingerprint density at radius 1 is 1.44 bits per heavy atom. The Morgan fingerprint density at radius 2 is 2.11 bits per heavy atom. The van der Waals surface area contributed by atoms with Crippen LogP contribution in [0.2, 0.25) is 5.02 Å². The highest BCUT2D eigenvalue weighted by atomic mass is 35.5. The van der Waals surface area contributed by atoms with E-state index in [9.17, 15) is 4.79 Å². The van der Waals surface area contributed by atoms with Gasteiger partial charge in [0.25, 0.3) is 5.56 Å². The molecule has 0 bridgehead atoms.